The van der Waals surface area contributed by atoms with Crippen LogP contribution in [0.1, 0.15) is 44.5 Å². The molecule has 1 aliphatic rings. The molecule has 0 saturated carbocycles. The number of anilines is 1. The van der Waals surface area contributed by atoms with Crippen LogP contribution < -0.4 is 14.4 Å². The van der Waals surface area contributed by atoms with E-state index in [4.69, 9.17) is 14.5 Å². The number of hydrogen-bond acceptors (Lipinski definition) is 4. The number of para-hydroxylation sites is 4. The van der Waals surface area contributed by atoms with Crippen LogP contribution in [-0.2, 0) is 16.8 Å². The minimum atomic E-state index is -0.0131. The molecule has 1 amide bonds. The summed E-state index contributed by atoms with van der Waals surface area (Å²) in [5.41, 5.74) is 4.19. The van der Waals surface area contributed by atoms with Gasteiger partial charge in [0.15, 0.2) is 0 Å². The van der Waals surface area contributed by atoms with Gasteiger partial charge in [-0.3, -0.25) is 4.79 Å². The second-order valence-electron chi connectivity index (χ2n) is 10.3. The zero-order valence-corrected chi connectivity index (χ0v) is 21.4. The summed E-state index contributed by atoms with van der Waals surface area (Å²) in [4.78, 5) is 19.8. The average molecular weight is 484 g/mol. The van der Waals surface area contributed by atoms with Gasteiger partial charge < -0.3 is 18.9 Å². The third-order valence-electron chi connectivity index (χ3n) is 6.85. The quantitative estimate of drug-likeness (QED) is 0.326. The number of carbonyl (C=O) groups is 1. The summed E-state index contributed by atoms with van der Waals surface area (Å²) < 4.78 is 13.8. The molecule has 0 N–H and O–H groups in total. The van der Waals surface area contributed by atoms with Gasteiger partial charge >= 0.3 is 0 Å². The van der Waals surface area contributed by atoms with Crippen molar-refractivity contribution in [1.82, 2.24) is 9.55 Å². The second kappa shape index (κ2) is 9.69. The monoisotopic (exact) mass is 483 g/mol. The fraction of sp³-hybridized carbons (Fsp3) is 0.333. The fourth-order valence-corrected chi connectivity index (χ4v) is 4.91. The van der Waals surface area contributed by atoms with E-state index in [1.165, 1.54) is 5.56 Å². The van der Waals surface area contributed by atoms with Gasteiger partial charge in [0.25, 0.3) is 0 Å². The molecule has 1 fully saturated rings. The molecule has 0 aliphatic carbocycles. The summed E-state index contributed by atoms with van der Waals surface area (Å²) in [6, 6.07) is 24.1. The molecule has 186 valence electrons. The van der Waals surface area contributed by atoms with Gasteiger partial charge in [-0.2, -0.15) is 0 Å². The van der Waals surface area contributed by atoms with E-state index in [2.05, 4.69) is 43.5 Å². The molecule has 1 aromatic heterocycles. The molecule has 3 aromatic carbocycles. The lowest BCUT2D eigenvalue weighted by Gasteiger charge is -2.20. The number of carbonyl (C=O) groups excluding carboxylic acids is 1. The number of imidazole rings is 1. The highest BCUT2D eigenvalue weighted by atomic mass is 16.5. The number of nitrogens with zero attached hydrogens (tertiary/aromatic N) is 3. The van der Waals surface area contributed by atoms with Crippen molar-refractivity contribution in [3.05, 3.63) is 84.2 Å². The molecule has 5 rings (SSSR count). The van der Waals surface area contributed by atoms with E-state index in [9.17, 15) is 4.79 Å². The molecule has 0 radical (unpaired) electrons. The van der Waals surface area contributed by atoms with E-state index in [-0.39, 0.29) is 17.2 Å². The highest BCUT2D eigenvalue weighted by Gasteiger charge is 2.36. The first kappa shape index (κ1) is 23.9. The Labute approximate surface area is 212 Å². The Morgan fingerprint density at radius 2 is 1.69 bits per heavy atom. The summed E-state index contributed by atoms with van der Waals surface area (Å²) >= 11 is 0. The molecule has 0 bridgehead atoms. The molecule has 1 unspecified atom stereocenters. The SMILES string of the molecule is COc1ccccc1N1CC(c2nc3ccccc3n2CCOc2ccc(C(C)(C)C)cc2)CC1=O. The zero-order chi connectivity index (χ0) is 25.3. The number of ether oxygens (including phenoxy) is 2. The Morgan fingerprint density at radius 3 is 2.44 bits per heavy atom. The topological polar surface area (TPSA) is 56.6 Å². The van der Waals surface area contributed by atoms with Gasteiger partial charge in [-0.1, -0.05) is 57.2 Å². The van der Waals surface area contributed by atoms with Gasteiger partial charge in [0.2, 0.25) is 5.91 Å². The summed E-state index contributed by atoms with van der Waals surface area (Å²) in [5, 5.41) is 0. The minimum Gasteiger partial charge on any atom is -0.495 e. The lowest BCUT2D eigenvalue weighted by molar-refractivity contribution is -0.117. The Kier molecular flexibility index (Phi) is 6.44. The van der Waals surface area contributed by atoms with Crippen LogP contribution in [0.2, 0.25) is 0 Å². The standard InChI is InChI=1S/C30H33N3O3/c1-30(2,3)22-13-15-23(16-14-22)36-18-17-32-25-10-6-5-9-24(25)31-29(32)21-19-28(34)33(20-21)26-11-7-8-12-27(26)35-4/h5-16,21H,17-20H2,1-4H3. The molecule has 0 spiro atoms. The van der Waals surface area contributed by atoms with Crippen LogP contribution in [-0.4, -0.2) is 35.7 Å². The normalized spacial score (nSPS) is 16.1. The van der Waals surface area contributed by atoms with Crippen LogP contribution in [0.15, 0.2) is 72.8 Å². The van der Waals surface area contributed by atoms with Crippen molar-refractivity contribution >= 4 is 22.6 Å². The Morgan fingerprint density at radius 1 is 0.972 bits per heavy atom. The van der Waals surface area contributed by atoms with Crippen LogP contribution in [0, 0.1) is 0 Å². The molecule has 36 heavy (non-hydrogen) atoms. The highest BCUT2D eigenvalue weighted by Crippen LogP contribution is 2.37. The first-order valence-corrected chi connectivity index (χ1v) is 12.5. The van der Waals surface area contributed by atoms with E-state index in [1.807, 2.05) is 59.5 Å². The Balaban J connectivity index is 1.37. The molecular formula is C30H33N3O3. The number of hydrogen-bond donors (Lipinski definition) is 0. The van der Waals surface area contributed by atoms with Gasteiger partial charge in [-0.15, -0.1) is 0 Å². The molecule has 2 heterocycles. The summed E-state index contributed by atoms with van der Waals surface area (Å²) in [6.45, 7) is 8.35. The first-order chi connectivity index (χ1) is 17.3. The molecule has 6 nitrogen and oxygen atoms in total. The van der Waals surface area contributed by atoms with Gasteiger partial charge in [0, 0.05) is 18.9 Å². The lowest BCUT2D eigenvalue weighted by Crippen LogP contribution is -2.25. The van der Waals surface area contributed by atoms with Crippen LogP contribution in [0.4, 0.5) is 5.69 Å². The maximum atomic E-state index is 13.1. The van der Waals surface area contributed by atoms with E-state index in [1.54, 1.807) is 7.11 Å². The second-order valence-corrected chi connectivity index (χ2v) is 10.3. The number of aromatic nitrogens is 2. The fourth-order valence-electron chi connectivity index (χ4n) is 4.91. The Hall–Kier alpha value is -3.80. The van der Waals surface area contributed by atoms with Crippen molar-refractivity contribution in [3.8, 4) is 11.5 Å². The molecule has 1 atom stereocenters. The van der Waals surface area contributed by atoms with Crippen LogP contribution in [0.3, 0.4) is 0 Å². The molecule has 6 heteroatoms. The molecule has 1 aliphatic heterocycles. The predicted octanol–water partition coefficient (Wildman–Crippen LogP) is 5.94. The number of rotatable bonds is 7. The van der Waals surface area contributed by atoms with E-state index in [0.717, 1.165) is 28.3 Å². The van der Waals surface area contributed by atoms with Gasteiger partial charge in [0.1, 0.15) is 23.9 Å². The average Bonchev–Trinajstić information content (AvgIpc) is 3.44. The van der Waals surface area contributed by atoms with Crippen LogP contribution in [0.5, 0.6) is 11.5 Å². The van der Waals surface area contributed by atoms with E-state index < -0.39 is 0 Å². The lowest BCUT2D eigenvalue weighted by atomic mass is 9.87. The van der Waals surface area contributed by atoms with Crippen molar-refractivity contribution in [1.29, 1.82) is 0 Å². The first-order valence-electron chi connectivity index (χ1n) is 12.5. The molecular weight excluding hydrogens is 450 g/mol. The number of amides is 1. The van der Waals surface area contributed by atoms with Crippen molar-refractivity contribution < 1.29 is 14.3 Å². The van der Waals surface area contributed by atoms with Crippen LogP contribution in [0.25, 0.3) is 11.0 Å². The van der Waals surface area contributed by atoms with Gasteiger partial charge in [-0.05, 0) is 47.4 Å². The number of fused-ring (bicyclic) bond motifs is 1. The smallest absolute Gasteiger partial charge is 0.227 e. The summed E-state index contributed by atoms with van der Waals surface area (Å²) in [7, 11) is 1.63. The zero-order valence-electron chi connectivity index (χ0n) is 21.4. The third kappa shape index (κ3) is 4.68. The van der Waals surface area contributed by atoms with Crippen molar-refractivity contribution in [2.75, 3.05) is 25.2 Å². The van der Waals surface area contributed by atoms with E-state index >= 15 is 0 Å². The maximum Gasteiger partial charge on any atom is 0.227 e. The van der Waals surface area contributed by atoms with Gasteiger partial charge in [0.05, 0.1) is 30.4 Å². The number of benzene rings is 3. The van der Waals surface area contributed by atoms with E-state index in [0.29, 0.717) is 31.9 Å². The number of methoxy groups -OCH3 is 1. The largest absolute Gasteiger partial charge is 0.495 e. The maximum absolute atomic E-state index is 13.1. The Bertz CT molecular complexity index is 1370. The molecule has 1 saturated heterocycles. The molecule has 4 aromatic rings. The third-order valence-corrected chi connectivity index (χ3v) is 6.85. The highest BCUT2D eigenvalue weighted by molar-refractivity contribution is 5.97. The minimum absolute atomic E-state index is 0.0131. The van der Waals surface area contributed by atoms with Crippen molar-refractivity contribution in [2.24, 2.45) is 0 Å². The summed E-state index contributed by atoms with van der Waals surface area (Å²) in [5.74, 6) is 2.55. The van der Waals surface area contributed by atoms with Crippen LogP contribution >= 0.6 is 0 Å². The van der Waals surface area contributed by atoms with Crippen molar-refractivity contribution in [2.45, 2.75) is 45.1 Å². The predicted molar refractivity (Wildman–Crippen MR) is 143 cm³/mol. The van der Waals surface area contributed by atoms with Crippen molar-refractivity contribution in [3.63, 3.8) is 0 Å². The van der Waals surface area contributed by atoms with Gasteiger partial charge in [-0.25, -0.2) is 4.98 Å². The summed E-state index contributed by atoms with van der Waals surface area (Å²) in [6.07, 6.45) is 0.413.